The van der Waals surface area contributed by atoms with Crippen LogP contribution in [0.5, 0.6) is 5.75 Å². The highest BCUT2D eigenvalue weighted by Gasteiger charge is 2.34. The zero-order valence-corrected chi connectivity index (χ0v) is 23.6. The number of aryl methyl sites for hydroxylation is 1. The molecule has 0 spiro atoms. The SMILES string of the molecule is COc1cccc([C@@H]2C(C(=O)OC(C)C)=C(C)N=c3s/c(=C\c4ccc(Sc5nccc(C)n5)o4)c(=O)n32)c1. The van der Waals surface area contributed by atoms with Crippen LogP contribution in [-0.2, 0) is 9.53 Å². The van der Waals surface area contributed by atoms with E-state index in [4.69, 9.17) is 13.9 Å². The molecule has 0 fully saturated rings. The minimum Gasteiger partial charge on any atom is -0.497 e. The number of carbonyl (C=O) groups excluding carboxylic acids is 1. The van der Waals surface area contributed by atoms with Crippen molar-refractivity contribution in [1.29, 1.82) is 0 Å². The van der Waals surface area contributed by atoms with Gasteiger partial charge >= 0.3 is 5.97 Å². The van der Waals surface area contributed by atoms with Gasteiger partial charge in [-0.3, -0.25) is 9.36 Å². The number of esters is 1. The molecule has 0 aliphatic carbocycles. The Labute approximate surface area is 232 Å². The fourth-order valence-corrected chi connectivity index (χ4v) is 5.93. The molecule has 9 nitrogen and oxygen atoms in total. The van der Waals surface area contributed by atoms with Gasteiger partial charge in [-0.15, -0.1) is 0 Å². The molecule has 1 aliphatic rings. The third-order valence-corrected chi connectivity index (χ3v) is 7.62. The van der Waals surface area contributed by atoms with Crippen molar-refractivity contribution in [3.63, 3.8) is 0 Å². The highest BCUT2D eigenvalue weighted by molar-refractivity contribution is 7.99. The van der Waals surface area contributed by atoms with E-state index in [9.17, 15) is 9.59 Å². The first-order valence-electron chi connectivity index (χ1n) is 12.2. The van der Waals surface area contributed by atoms with Crippen LogP contribution in [0.1, 0.15) is 43.8 Å². The largest absolute Gasteiger partial charge is 0.497 e. The first-order chi connectivity index (χ1) is 18.7. The van der Waals surface area contributed by atoms with Crippen LogP contribution in [0, 0.1) is 6.92 Å². The van der Waals surface area contributed by atoms with E-state index in [2.05, 4.69) is 15.0 Å². The molecule has 5 rings (SSSR count). The summed E-state index contributed by atoms with van der Waals surface area (Å²) in [5.41, 5.74) is 2.09. The standard InChI is InChI=1S/C28H26N4O5S2/c1-15(2)36-26(34)23-17(4)31-28-32(24(23)18-7-6-8-19(13-18)35-5)25(33)21(38-28)14-20-9-10-22(37-20)39-27-29-12-11-16(3)30-27/h6-15,24H,1-5H3/b21-14-/t24-/m1/s1. The molecular formula is C28H26N4O5S2. The maximum atomic E-state index is 13.8. The van der Waals surface area contributed by atoms with Gasteiger partial charge in [-0.25, -0.2) is 19.8 Å². The van der Waals surface area contributed by atoms with Gasteiger partial charge < -0.3 is 13.9 Å². The molecule has 0 unspecified atom stereocenters. The van der Waals surface area contributed by atoms with Gasteiger partial charge in [-0.1, -0.05) is 23.5 Å². The minimum atomic E-state index is -0.731. The monoisotopic (exact) mass is 562 g/mol. The third-order valence-electron chi connectivity index (χ3n) is 5.83. The summed E-state index contributed by atoms with van der Waals surface area (Å²) in [6, 6.07) is 12.0. The van der Waals surface area contributed by atoms with E-state index >= 15 is 0 Å². The van der Waals surface area contributed by atoms with E-state index in [0.29, 0.717) is 47.9 Å². The van der Waals surface area contributed by atoms with Crippen molar-refractivity contribution in [2.24, 2.45) is 4.99 Å². The summed E-state index contributed by atoms with van der Waals surface area (Å²) in [4.78, 5) is 40.8. The normalized spacial score (nSPS) is 15.3. The Morgan fingerprint density at radius 3 is 2.77 bits per heavy atom. The summed E-state index contributed by atoms with van der Waals surface area (Å²) in [6.07, 6.45) is 3.05. The van der Waals surface area contributed by atoms with E-state index in [1.54, 1.807) is 46.2 Å². The van der Waals surface area contributed by atoms with E-state index in [-0.39, 0.29) is 11.7 Å². The zero-order chi connectivity index (χ0) is 27.7. The molecule has 0 amide bonds. The molecule has 0 radical (unpaired) electrons. The van der Waals surface area contributed by atoms with Crippen LogP contribution in [-0.4, -0.2) is 33.7 Å². The zero-order valence-electron chi connectivity index (χ0n) is 22.0. The number of benzene rings is 1. The molecule has 39 heavy (non-hydrogen) atoms. The van der Waals surface area contributed by atoms with Crippen LogP contribution in [0.4, 0.5) is 0 Å². The van der Waals surface area contributed by atoms with Crippen LogP contribution in [0.25, 0.3) is 6.08 Å². The first-order valence-corrected chi connectivity index (χ1v) is 13.8. The number of carbonyl (C=O) groups is 1. The van der Waals surface area contributed by atoms with Crippen LogP contribution >= 0.6 is 23.1 Å². The van der Waals surface area contributed by atoms with Gasteiger partial charge in [-0.2, -0.15) is 0 Å². The molecule has 200 valence electrons. The number of rotatable bonds is 7. The quantitative estimate of drug-likeness (QED) is 0.245. The number of allylic oxidation sites excluding steroid dienone is 1. The number of hydrogen-bond acceptors (Lipinski definition) is 10. The lowest BCUT2D eigenvalue weighted by molar-refractivity contribution is -0.143. The van der Waals surface area contributed by atoms with Gasteiger partial charge in [0.15, 0.2) is 15.1 Å². The Bertz CT molecular complexity index is 1770. The predicted octanol–water partition coefficient (Wildman–Crippen LogP) is 4.04. The fourth-order valence-electron chi connectivity index (χ4n) is 4.15. The molecule has 0 N–H and O–H groups in total. The molecule has 1 aromatic carbocycles. The summed E-state index contributed by atoms with van der Waals surface area (Å²) in [5, 5.41) is 1.17. The lowest BCUT2D eigenvalue weighted by atomic mass is 9.95. The van der Waals surface area contributed by atoms with E-state index in [0.717, 1.165) is 5.69 Å². The van der Waals surface area contributed by atoms with Crippen molar-refractivity contribution in [2.75, 3.05) is 7.11 Å². The number of nitrogens with zero attached hydrogens (tertiary/aromatic N) is 4. The molecular weight excluding hydrogens is 536 g/mol. The van der Waals surface area contributed by atoms with E-state index in [1.165, 1.54) is 27.7 Å². The number of methoxy groups -OCH3 is 1. The van der Waals surface area contributed by atoms with Crippen molar-refractivity contribution >= 4 is 35.1 Å². The molecule has 0 bridgehead atoms. The Balaban J connectivity index is 1.59. The first kappa shape index (κ1) is 26.6. The highest BCUT2D eigenvalue weighted by atomic mass is 32.2. The van der Waals surface area contributed by atoms with Crippen LogP contribution in [0.2, 0.25) is 0 Å². The molecule has 1 atom stereocenters. The summed E-state index contributed by atoms with van der Waals surface area (Å²) < 4.78 is 18.9. The molecule has 3 aromatic heterocycles. The second kappa shape index (κ2) is 11.0. The summed E-state index contributed by atoms with van der Waals surface area (Å²) in [5.74, 6) is 0.599. The number of thiazole rings is 1. The minimum absolute atomic E-state index is 0.290. The third kappa shape index (κ3) is 5.59. The summed E-state index contributed by atoms with van der Waals surface area (Å²) in [7, 11) is 1.57. The van der Waals surface area contributed by atoms with Crippen LogP contribution < -0.4 is 19.6 Å². The number of aromatic nitrogens is 3. The van der Waals surface area contributed by atoms with Crippen LogP contribution in [0.15, 0.2) is 84.4 Å². The number of hydrogen-bond donors (Lipinski definition) is 0. The summed E-state index contributed by atoms with van der Waals surface area (Å²) in [6.45, 7) is 7.22. The second-order valence-corrected chi connectivity index (χ2v) is 11.0. The molecule has 1 aliphatic heterocycles. The average molecular weight is 563 g/mol. The Morgan fingerprint density at radius 1 is 1.21 bits per heavy atom. The maximum absolute atomic E-state index is 13.8. The van der Waals surface area contributed by atoms with Gasteiger partial charge in [0.2, 0.25) is 0 Å². The lowest BCUT2D eigenvalue weighted by Crippen LogP contribution is -2.40. The van der Waals surface area contributed by atoms with Crippen molar-refractivity contribution < 1.29 is 18.7 Å². The van der Waals surface area contributed by atoms with E-state index in [1.807, 2.05) is 43.3 Å². The average Bonchev–Trinajstić information content (AvgIpc) is 3.46. The van der Waals surface area contributed by atoms with E-state index < -0.39 is 12.0 Å². The molecule has 0 saturated carbocycles. The molecule has 4 aromatic rings. The number of fused-ring (bicyclic) bond motifs is 1. The summed E-state index contributed by atoms with van der Waals surface area (Å²) >= 11 is 2.53. The van der Waals surface area contributed by atoms with Gasteiger partial charge in [0.05, 0.1) is 35.1 Å². The maximum Gasteiger partial charge on any atom is 0.338 e. The van der Waals surface area contributed by atoms with Crippen molar-refractivity contribution in [1.82, 2.24) is 14.5 Å². The van der Waals surface area contributed by atoms with Crippen molar-refractivity contribution in [3.8, 4) is 5.75 Å². The van der Waals surface area contributed by atoms with Crippen molar-refractivity contribution in [3.05, 3.63) is 96.6 Å². The van der Waals surface area contributed by atoms with Gasteiger partial charge in [0, 0.05) is 18.0 Å². The molecule has 4 heterocycles. The molecule has 0 saturated heterocycles. The molecule has 11 heteroatoms. The van der Waals surface area contributed by atoms with Crippen LogP contribution in [0.3, 0.4) is 0 Å². The second-order valence-electron chi connectivity index (χ2n) is 9.05. The Morgan fingerprint density at radius 2 is 2.03 bits per heavy atom. The highest BCUT2D eigenvalue weighted by Crippen LogP contribution is 2.32. The van der Waals surface area contributed by atoms with Gasteiger partial charge in [0.25, 0.3) is 5.56 Å². The Kier molecular flexibility index (Phi) is 7.53. The fraction of sp³-hybridized carbons (Fsp3) is 0.250. The van der Waals surface area contributed by atoms with Crippen molar-refractivity contribution in [2.45, 2.75) is 50.1 Å². The predicted molar refractivity (Wildman–Crippen MR) is 148 cm³/mol. The number of ether oxygens (including phenoxy) is 2. The number of furan rings is 1. The smallest absolute Gasteiger partial charge is 0.338 e. The lowest BCUT2D eigenvalue weighted by Gasteiger charge is -2.25. The van der Waals surface area contributed by atoms with Gasteiger partial charge in [0.1, 0.15) is 11.5 Å². The van der Waals surface area contributed by atoms with Gasteiger partial charge in [-0.05, 0) is 75.4 Å². The Hall–Kier alpha value is -3.96. The topological polar surface area (TPSA) is 109 Å².